The van der Waals surface area contributed by atoms with Crippen LogP contribution in [0.2, 0.25) is 0 Å². The molecular formula is C100H82Br4O28. The van der Waals surface area contributed by atoms with Crippen molar-refractivity contribution >= 4 is 142 Å². The molecular weight excluding hydrogens is 1970 g/mol. The highest BCUT2D eigenvalue weighted by Crippen LogP contribution is 2.65. The molecule has 0 amide bonds. The average molecular weight is 2050 g/mol. The van der Waals surface area contributed by atoms with E-state index < -0.39 is 76.0 Å². The number of allylic oxidation sites excluding steroid dienone is 3. The van der Waals surface area contributed by atoms with Crippen LogP contribution in [-0.2, 0) is 19.2 Å². The molecule has 0 aromatic heterocycles. The number of phenolic OH excluding ortho intramolecular Hbond substituents is 13. The van der Waals surface area contributed by atoms with Gasteiger partial charge < -0.3 is 116 Å². The number of aromatic carboxylic acids is 1. The van der Waals surface area contributed by atoms with E-state index in [1.807, 2.05) is 38.1 Å². The number of aryl methyl sites for hydroxylation is 1. The van der Waals surface area contributed by atoms with E-state index in [1.54, 1.807) is 84.9 Å². The van der Waals surface area contributed by atoms with Gasteiger partial charge in [0.15, 0.2) is 92.0 Å². The van der Waals surface area contributed by atoms with Crippen molar-refractivity contribution < 1.29 is 140 Å². The summed E-state index contributed by atoms with van der Waals surface area (Å²) >= 11 is 14.0. The van der Waals surface area contributed by atoms with Gasteiger partial charge in [0.1, 0.15) is 17.2 Å². The fourth-order valence-electron chi connectivity index (χ4n) is 18.1. The zero-order valence-electron chi connectivity index (χ0n) is 68.9. The third kappa shape index (κ3) is 16.4. The van der Waals surface area contributed by atoms with Crippen molar-refractivity contribution in [2.75, 3.05) is 0 Å². The lowest BCUT2D eigenvalue weighted by Gasteiger charge is -2.35. The van der Waals surface area contributed by atoms with Gasteiger partial charge >= 0.3 is 29.8 Å². The van der Waals surface area contributed by atoms with E-state index in [1.165, 1.54) is 36.4 Å². The minimum atomic E-state index is -1.15. The van der Waals surface area contributed by atoms with Crippen LogP contribution in [0.1, 0.15) is 120 Å². The molecule has 7 unspecified atom stereocenters. The monoisotopic (exact) mass is 2050 g/mol. The molecule has 2 saturated carbocycles. The van der Waals surface area contributed by atoms with E-state index in [4.69, 9.17) is 33.9 Å². The van der Waals surface area contributed by atoms with Crippen LogP contribution in [0.4, 0.5) is 0 Å². The first kappa shape index (κ1) is 93.7. The summed E-state index contributed by atoms with van der Waals surface area (Å²) in [6.07, 6.45) is 9.75. The molecule has 8 aliphatic rings. The Morgan fingerprint density at radius 3 is 1.44 bits per heavy atom. The number of benzene rings is 11. The van der Waals surface area contributed by atoms with Crippen molar-refractivity contribution in [2.24, 2.45) is 35.0 Å². The SMILES string of the molecule is C.C=c1ccc2c(c1O)Oc1c(ccc(O)c1O)C=2/C=C\C(=O)O.C=c1ccc2c(c1O)Oc1c(ccc(O)c1O)C=2C12C=CC(C(C(=O)O)C1)C2C.C=c1ccc2c(c1O)Oc1c(ccc(O)c1O)C=2C1CCCCC1C(=O)O.C=c1ccc2c(c1O)Oc1c(ccc(O)c1O)C=2CCC(=O)O.Cc1ccc2c(c1)Oc1cc(O)ccc1C2c1c(Br)c(Br)c(Br)c(Br)c1C(=O)O. The number of ether oxygens (including phenoxy) is 5. The van der Waals surface area contributed by atoms with E-state index in [0.717, 1.165) is 41.2 Å². The van der Waals surface area contributed by atoms with Crippen LogP contribution < -0.4 is 65.4 Å². The maximum absolute atomic E-state index is 12.3. The summed E-state index contributed by atoms with van der Waals surface area (Å²) in [6.45, 7) is 18.9. The van der Waals surface area contributed by atoms with Crippen LogP contribution in [-0.4, -0.2) is 122 Å². The molecule has 19 rings (SSSR count). The van der Waals surface area contributed by atoms with Gasteiger partial charge in [0.2, 0.25) is 23.0 Å². The molecule has 5 heterocycles. The van der Waals surface area contributed by atoms with Gasteiger partial charge in [-0.25, -0.2) is 9.59 Å². The van der Waals surface area contributed by atoms with Crippen LogP contribution in [0.5, 0.6) is 132 Å². The van der Waals surface area contributed by atoms with Crippen molar-refractivity contribution in [3.63, 3.8) is 0 Å². The van der Waals surface area contributed by atoms with Gasteiger partial charge in [0.25, 0.3) is 0 Å². The van der Waals surface area contributed by atoms with E-state index in [0.29, 0.717) is 135 Å². The molecule has 5 aliphatic heterocycles. The molecule has 11 aromatic rings. The highest BCUT2D eigenvalue weighted by molar-refractivity contribution is 9.15. The molecule has 0 saturated heterocycles. The maximum Gasteiger partial charge on any atom is 0.337 e. The van der Waals surface area contributed by atoms with Crippen LogP contribution in [0, 0.1) is 41.9 Å². The molecule has 7 atom stereocenters. The molecule has 678 valence electrons. The normalized spacial score (nSPS) is 18.2. The molecule has 3 aliphatic carbocycles. The van der Waals surface area contributed by atoms with Crippen LogP contribution in [0.3, 0.4) is 0 Å². The maximum atomic E-state index is 12.3. The fourth-order valence-corrected chi connectivity index (χ4v) is 20.7. The predicted molar refractivity (Wildman–Crippen MR) is 499 cm³/mol. The number of aliphatic carboxylic acids is 4. The zero-order valence-corrected chi connectivity index (χ0v) is 75.2. The van der Waals surface area contributed by atoms with Crippen molar-refractivity contribution in [1.29, 1.82) is 0 Å². The Balaban J connectivity index is 0.000000133. The van der Waals surface area contributed by atoms with Crippen LogP contribution in [0.25, 0.3) is 48.6 Å². The standard InChI is InChI=1S/C23H20O6.C21H12Br4O4.C21H20O6.C17H14O6.C17H12O6.CH4/c1-10-3-4-13-17(23-8-7-12(11(23)2)15(9-23)22(27)28)14-5-6-16(24)19(26)21(14)29-20(13)18(10)25;1-8-2-4-10-12(6-8)29-13-7-9(26)3-5-11(13)14(10)15-16(21(27)28)18(23)20(25)19(24)17(15)22;1-10-6-7-13-16(11-4-2-3-5-12(11)21(25)26)14-8-9-15(22)18(24)20(14)27-19(13)17(10)23;2*1-8-2-3-10-9(5-7-13(19)20)11-4-6-12(18)15(22)17(11)23-16(10)14(8)21;/h3-8,11-12,15,24-26H,1,9H2,2H3,(H,27,28);2-7,14,26H,1H3,(H,27,28);6-9,11-12,22-24H,1-5H2,(H,25,26);2-4,6,18,21-22H,1,5,7H2,(H,19,20);2-7,18,21-22H,1H2,(H,19,20);1H4/b;;;;7-5-;. The Morgan fingerprint density at radius 2 is 0.909 bits per heavy atom. The third-order valence-electron chi connectivity index (χ3n) is 24.5. The third-order valence-corrected chi connectivity index (χ3v) is 29.3. The fraction of sp³-hybridized carbons (Fsp3) is 0.170. The highest BCUT2D eigenvalue weighted by atomic mass is 79.9. The molecule has 18 N–H and O–H groups in total. The van der Waals surface area contributed by atoms with Crippen molar-refractivity contribution in [3.8, 4) is 132 Å². The van der Waals surface area contributed by atoms with E-state index in [-0.39, 0.29) is 141 Å². The highest BCUT2D eigenvalue weighted by Gasteiger charge is 2.58. The number of carboxylic acids is 5. The van der Waals surface area contributed by atoms with Gasteiger partial charge in [-0.1, -0.05) is 126 Å². The summed E-state index contributed by atoms with van der Waals surface area (Å²) in [6, 6.07) is 35.7. The molecule has 28 nitrogen and oxygen atoms in total. The number of rotatable bonds is 11. The Labute approximate surface area is 783 Å². The molecule has 11 aromatic carbocycles. The Hall–Kier alpha value is -14.5. The number of carbonyl (C=O) groups is 5. The molecule has 0 spiro atoms. The number of carboxylic acid groups (broad SMARTS) is 5. The molecule has 0 radical (unpaired) electrons. The summed E-state index contributed by atoms with van der Waals surface area (Å²) in [4.78, 5) is 57.8. The molecule has 132 heavy (non-hydrogen) atoms. The number of hydrogen-bond acceptors (Lipinski definition) is 23. The molecule has 32 heteroatoms. The lowest BCUT2D eigenvalue weighted by atomic mass is 9.69. The van der Waals surface area contributed by atoms with Gasteiger partial charge in [-0.15, -0.1) is 0 Å². The summed E-state index contributed by atoms with van der Waals surface area (Å²) in [5.74, 6) is -9.13. The van der Waals surface area contributed by atoms with Crippen LogP contribution in [0.15, 0.2) is 176 Å². The van der Waals surface area contributed by atoms with Gasteiger partial charge in [-0.2, -0.15) is 0 Å². The average Bonchev–Trinajstić information content (AvgIpc) is 1.53. The smallest absolute Gasteiger partial charge is 0.337 e. The van der Waals surface area contributed by atoms with E-state index in [2.05, 4.69) is 96.1 Å². The minimum Gasteiger partial charge on any atom is -0.508 e. The summed E-state index contributed by atoms with van der Waals surface area (Å²) in [7, 11) is 0. The largest absolute Gasteiger partial charge is 0.508 e. The lowest BCUT2D eigenvalue weighted by molar-refractivity contribution is -0.144. The number of fused-ring (bicyclic) bond motifs is 12. The Bertz CT molecular complexity index is 7340. The van der Waals surface area contributed by atoms with Gasteiger partial charge in [-0.05, 0) is 220 Å². The van der Waals surface area contributed by atoms with Gasteiger partial charge in [0, 0.05) is 123 Å². The van der Waals surface area contributed by atoms with Crippen molar-refractivity contribution in [1.82, 2.24) is 0 Å². The quantitative estimate of drug-likeness (QED) is 0.0188. The number of hydrogen-bond donors (Lipinski definition) is 18. The first-order valence-electron chi connectivity index (χ1n) is 40.3. The second kappa shape index (κ2) is 36.5. The zero-order chi connectivity index (χ0) is 94.4. The lowest BCUT2D eigenvalue weighted by Crippen LogP contribution is -2.32. The summed E-state index contributed by atoms with van der Waals surface area (Å²) in [5, 5.41) is 182. The molecule has 2 bridgehead atoms. The van der Waals surface area contributed by atoms with Crippen LogP contribution >= 0.6 is 63.7 Å². The van der Waals surface area contributed by atoms with Crippen molar-refractivity contribution in [3.05, 3.63) is 267 Å². The Kier molecular flexibility index (Phi) is 25.9. The van der Waals surface area contributed by atoms with E-state index >= 15 is 0 Å². The predicted octanol–water partition coefficient (Wildman–Crippen LogP) is 15.8. The summed E-state index contributed by atoms with van der Waals surface area (Å²) in [5.41, 5.74) is 7.26. The van der Waals surface area contributed by atoms with Gasteiger partial charge in [0.05, 0.1) is 17.4 Å². The first-order chi connectivity index (χ1) is 62.2. The first-order valence-corrected chi connectivity index (χ1v) is 43.4. The van der Waals surface area contributed by atoms with E-state index in [9.17, 15) is 106 Å². The molecule has 2 fully saturated rings. The number of halogens is 4. The second-order valence-electron chi connectivity index (χ2n) is 32.1. The topological polar surface area (TPSA) is 496 Å². The second-order valence-corrected chi connectivity index (χ2v) is 35.3. The summed E-state index contributed by atoms with van der Waals surface area (Å²) < 4.78 is 31.1. The van der Waals surface area contributed by atoms with Crippen molar-refractivity contribution in [2.45, 2.75) is 72.1 Å². The number of phenols is 13. The van der Waals surface area contributed by atoms with Gasteiger partial charge in [-0.3, -0.25) is 14.4 Å². The Morgan fingerprint density at radius 1 is 0.462 bits per heavy atom. The minimum absolute atomic E-state index is 0. The number of aromatic hydroxyl groups is 13.